The van der Waals surface area contributed by atoms with Gasteiger partial charge in [-0.2, -0.15) is 18.3 Å². The van der Waals surface area contributed by atoms with Gasteiger partial charge < -0.3 is 5.11 Å². The quantitative estimate of drug-likeness (QED) is 0.292. The topological polar surface area (TPSA) is 130 Å². The van der Waals surface area contributed by atoms with E-state index in [1.165, 1.54) is 51.5 Å². The van der Waals surface area contributed by atoms with Crippen molar-refractivity contribution in [1.29, 1.82) is 0 Å². The summed E-state index contributed by atoms with van der Waals surface area (Å²) >= 11 is 0. The van der Waals surface area contributed by atoms with Gasteiger partial charge in [0.05, 0.1) is 35.2 Å². The Labute approximate surface area is 236 Å². The highest BCUT2D eigenvalue weighted by Gasteiger charge is 2.30. The average Bonchev–Trinajstić information content (AvgIpc) is 3.55. The SMILES string of the molecule is CCCn1c(=O)c2c(nc(-c3cnn(Cc4cccc(C(F)(F)F)c4)c3)n2-c2ccnc(C)c2C(=O)O)n(CC)c1=O. The Morgan fingerprint density at radius 1 is 1.10 bits per heavy atom. The lowest BCUT2D eigenvalue weighted by atomic mass is 10.1. The monoisotopic (exact) mass is 581 g/mol. The van der Waals surface area contributed by atoms with Crippen LogP contribution in [0.3, 0.4) is 0 Å². The Bertz CT molecular complexity index is 1950. The fraction of sp³-hybridized carbons (Fsp3) is 0.286. The number of carboxylic acid groups (broad SMARTS) is 1. The van der Waals surface area contributed by atoms with Crippen molar-refractivity contribution in [2.24, 2.45) is 0 Å². The van der Waals surface area contributed by atoms with E-state index in [0.29, 0.717) is 17.5 Å². The molecule has 0 aliphatic carbocycles. The van der Waals surface area contributed by atoms with Gasteiger partial charge in [0.1, 0.15) is 5.56 Å². The first-order valence-electron chi connectivity index (χ1n) is 13.1. The molecule has 42 heavy (non-hydrogen) atoms. The Morgan fingerprint density at radius 2 is 1.86 bits per heavy atom. The molecule has 0 spiro atoms. The molecule has 14 heteroatoms. The maximum absolute atomic E-state index is 13.8. The number of hydrogen-bond donors (Lipinski definition) is 1. The van der Waals surface area contributed by atoms with E-state index < -0.39 is 29.0 Å². The zero-order valence-corrected chi connectivity index (χ0v) is 22.9. The largest absolute Gasteiger partial charge is 0.478 e. The van der Waals surface area contributed by atoms with Crippen LogP contribution in [0, 0.1) is 6.92 Å². The van der Waals surface area contributed by atoms with Gasteiger partial charge in [-0.25, -0.2) is 14.6 Å². The second kappa shape index (κ2) is 10.8. The van der Waals surface area contributed by atoms with Gasteiger partial charge in [0.15, 0.2) is 17.0 Å². The van der Waals surface area contributed by atoms with Crippen LogP contribution in [0.15, 0.2) is 58.5 Å². The van der Waals surface area contributed by atoms with Crippen LogP contribution in [0.25, 0.3) is 28.2 Å². The van der Waals surface area contributed by atoms with Crippen LogP contribution in [-0.4, -0.2) is 44.5 Å². The molecule has 218 valence electrons. The fourth-order valence-corrected chi connectivity index (χ4v) is 4.98. The number of halogens is 3. The molecule has 0 aliphatic rings. The Hall–Kier alpha value is -5.01. The second-order valence-electron chi connectivity index (χ2n) is 9.65. The summed E-state index contributed by atoms with van der Waals surface area (Å²) in [5.74, 6) is -1.15. The normalized spacial score (nSPS) is 11.9. The van der Waals surface area contributed by atoms with Gasteiger partial charge in [-0.15, -0.1) is 0 Å². The third-order valence-corrected chi connectivity index (χ3v) is 6.85. The van der Waals surface area contributed by atoms with Crippen molar-refractivity contribution in [1.82, 2.24) is 33.4 Å². The third kappa shape index (κ3) is 4.88. The lowest BCUT2D eigenvalue weighted by Gasteiger charge is -2.14. The van der Waals surface area contributed by atoms with E-state index in [1.54, 1.807) is 13.0 Å². The molecule has 0 fully saturated rings. The van der Waals surface area contributed by atoms with E-state index in [1.807, 2.05) is 6.92 Å². The number of carboxylic acids is 1. The molecule has 0 radical (unpaired) electrons. The first-order valence-corrected chi connectivity index (χ1v) is 13.1. The summed E-state index contributed by atoms with van der Waals surface area (Å²) in [7, 11) is 0. The number of nitrogens with zero attached hydrogens (tertiary/aromatic N) is 7. The van der Waals surface area contributed by atoms with E-state index in [0.717, 1.165) is 16.7 Å². The molecule has 1 N–H and O–H groups in total. The standard InChI is InChI=1S/C28H26F3N7O4/c1-4-11-37-25(39)22-24(36(5-2)27(37)42)34-23(38(22)20-9-10-32-16(3)21(20)26(40)41)18-13-33-35(15-18)14-17-7-6-8-19(12-17)28(29,30)31/h6-10,12-13,15H,4-5,11,14H2,1-3H3,(H,40,41). The number of pyridine rings is 1. The van der Waals surface area contributed by atoms with E-state index in [9.17, 15) is 32.7 Å². The molecule has 0 saturated carbocycles. The van der Waals surface area contributed by atoms with Crippen LogP contribution < -0.4 is 11.2 Å². The molecule has 0 unspecified atom stereocenters. The highest BCUT2D eigenvalue weighted by Crippen LogP contribution is 2.31. The van der Waals surface area contributed by atoms with Crippen LogP contribution in [0.2, 0.25) is 0 Å². The molecule has 5 aromatic rings. The lowest BCUT2D eigenvalue weighted by molar-refractivity contribution is -0.137. The van der Waals surface area contributed by atoms with Crippen LogP contribution in [0.5, 0.6) is 0 Å². The second-order valence-corrected chi connectivity index (χ2v) is 9.65. The molecule has 5 rings (SSSR count). The van der Waals surface area contributed by atoms with Crippen LogP contribution in [0.1, 0.15) is 47.4 Å². The molecular formula is C28H26F3N7O4. The van der Waals surface area contributed by atoms with Crippen molar-refractivity contribution < 1.29 is 23.1 Å². The highest BCUT2D eigenvalue weighted by molar-refractivity contribution is 5.95. The zero-order valence-electron chi connectivity index (χ0n) is 22.9. The maximum atomic E-state index is 13.8. The molecule has 0 saturated heterocycles. The molecule has 0 bridgehead atoms. The highest BCUT2D eigenvalue weighted by atomic mass is 19.4. The molecule has 1 aromatic carbocycles. The summed E-state index contributed by atoms with van der Waals surface area (Å²) in [6, 6.07) is 6.31. The number of imidazole rings is 1. The zero-order chi connectivity index (χ0) is 30.3. The predicted molar refractivity (Wildman–Crippen MR) is 147 cm³/mol. The van der Waals surface area contributed by atoms with Crippen LogP contribution >= 0.6 is 0 Å². The number of fused-ring (bicyclic) bond motifs is 1. The van der Waals surface area contributed by atoms with Crippen molar-refractivity contribution in [2.75, 3.05) is 0 Å². The van der Waals surface area contributed by atoms with Gasteiger partial charge >= 0.3 is 17.8 Å². The van der Waals surface area contributed by atoms with Gasteiger partial charge in [-0.1, -0.05) is 19.1 Å². The Balaban J connectivity index is 1.77. The van der Waals surface area contributed by atoms with Crippen molar-refractivity contribution in [3.05, 3.63) is 92.1 Å². The minimum absolute atomic E-state index is 0.00127. The number of aromatic nitrogens is 7. The van der Waals surface area contributed by atoms with Gasteiger partial charge in [0.2, 0.25) is 0 Å². The molecular weight excluding hydrogens is 555 g/mol. The van der Waals surface area contributed by atoms with Gasteiger partial charge in [0, 0.05) is 25.5 Å². The number of rotatable bonds is 8. The average molecular weight is 582 g/mol. The maximum Gasteiger partial charge on any atom is 0.416 e. The first-order chi connectivity index (χ1) is 20.0. The van der Waals surface area contributed by atoms with Crippen molar-refractivity contribution in [2.45, 2.75) is 53.0 Å². The van der Waals surface area contributed by atoms with Crippen LogP contribution in [0.4, 0.5) is 13.2 Å². The summed E-state index contributed by atoms with van der Waals surface area (Å²) < 4.78 is 44.9. The van der Waals surface area contributed by atoms with Gasteiger partial charge in [-0.05, 0) is 44.0 Å². The number of carbonyl (C=O) groups is 1. The number of hydrogen-bond acceptors (Lipinski definition) is 6. The molecule has 4 heterocycles. The minimum atomic E-state index is -4.50. The van der Waals surface area contributed by atoms with Gasteiger partial charge in [0.25, 0.3) is 5.56 Å². The van der Waals surface area contributed by atoms with Gasteiger partial charge in [-0.3, -0.25) is 28.2 Å². The summed E-state index contributed by atoms with van der Waals surface area (Å²) in [6.45, 7) is 5.41. The summed E-state index contributed by atoms with van der Waals surface area (Å²) in [6.07, 6.45) is 0.358. The van der Waals surface area contributed by atoms with Crippen LogP contribution in [-0.2, 0) is 25.8 Å². The number of aromatic carboxylic acids is 1. The Morgan fingerprint density at radius 3 is 2.52 bits per heavy atom. The number of aryl methyl sites for hydroxylation is 2. The molecule has 0 aliphatic heterocycles. The Kier molecular flexibility index (Phi) is 7.31. The fourth-order valence-electron chi connectivity index (χ4n) is 4.98. The molecule has 11 nitrogen and oxygen atoms in total. The lowest BCUT2D eigenvalue weighted by Crippen LogP contribution is -2.40. The predicted octanol–water partition coefficient (Wildman–Crippen LogP) is 4.11. The van der Waals surface area contributed by atoms with E-state index in [-0.39, 0.29) is 53.6 Å². The number of benzene rings is 1. The van der Waals surface area contributed by atoms with E-state index >= 15 is 0 Å². The van der Waals surface area contributed by atoms with E-state index in [2.05, 4.69) is 15.1 Å². The summed E-state index contributed by atoms with van der Waals surface area (Å²) in [4.78, 5) is 48.1. The third-order valence-electron chi connectivity index (χ3n) is 6.85. The van der Waals surface area contributed by atoms with Crippen molar-refractivity contribution in [3.63, 3.8) is 0 Å². The van der Waals surface area contributed by atoms with Crippen molar-refractivity contribution >= 4 is 17.1 Å². The summed E-state index contributed by atoms with van der Waals surface area (Å²) in [5, 5.41) is 14.4. The molecule has 0 atom stereocenters. The minimum Gasteiger partial charge on any atom is -0.478 e. The number of alkyl halides is 3. The van der Waals surface area contributed by atoms with Crippen molar-refractivity contribution in [3.8, 4) is 17.1 Å². The smallest absolute Gasteiger partial charge is 0.416 e. The molecule has 4 aromatic heterocycles. The first kappa shape index (κ1) is 28.5. The summed E-state index contributed by atoms with van der Waals surface area (Å²) in [5.41, 5.74) is -1.06. The van der Waals surface area contributed by atoms with E-state index in [4.69, 9.17) is 0 Å². The molecule has 0 amide bonds.